The Morgan fingerprint density at radius 2 is 1.75 bits per heavy atom. The van der Waals surface area contributed by atoms with Crippen LogP contribution < -0.4 is 14.8 Å². The van der Waals surface area contributed by atoms with Crippen LogP contribution in [0.15, 0.2) is 66.9 Å². The Balaban J connectivity index is 1.45. The van der Waals surface area contributed by atoms with Crippen LogP contribution in [0.3, 0.4) is 0 Å². The van der Waals surface area contributed by atoms with Gasteiger partial charge in [-0.1, -0.05) is 30.3 Å². The molecule has 36 heavy (non-hydrogen) atoms. The SMILES string of the molecule is COc1ccc(NC(=O)N2Cc3c(sc4c3CCCC4)-n3cccc3C2c2ccccc2)cc1OC. The highest BCUT2D eigenvalue weighted by Crippen LogP contribution is 2.44. The Labute approximate surface area is 215 Å². The molecule has 3 heterocycles. The minimum atomic E-state index is -0.222. The van der Waals surface area contributed by atoms with Gasteiger partial charge in [0.25, 0.3) is 0 Å². The van der Waals surface area contributed by atoms with Crippen molar-refractivity contribution in [3.63, 3.8) is 0 Å². The van der Waals surface area contributed by atoms with Crippen LogP contribution in [0.4, 0.5) is 10.5 Å². The van der Waals surface area contributed by atoms with Crippen molar-refractivity contribution in [2.45, 2.75) is 38.3 Å². The average Bonchev–Trinajstić information content (AvgIpc) is 3.51. The Hall–Kier alpha value is -3.71. The minimum Gasteiger partial charge on any atom is -0.493 e. The third-order valence-electron chi connectivity index (χ3n) is 7.19. The maximum Gasteiger partial charge on any atom is 0.322 e. The van der Waals surface area contributed by atoms with Gasteiger partial charge in [-0.2, -0.15) is 0 Å². The van der Waals surface area contributed by atoms with Gasteiger partial charge in [0.2, 0.25) is 0 Å². The second-order valence-corrected chi connectivity index (χ2v) is 10.3. The van der Waals surface area contributed by atoms with E-state index in [4.69, 9.17) is 9.47 Å². The number of methoxy groups -OCH3 is 2. The molecule has 0 saturated carbocycles. The summed E-state index contributed by atoms with van der Waals surface area (Å²) in [6.07, 6.45) is 6.79. The molecule has 2 aliphatic rings. The number of nitrogens with one attached hydrogen (secondary N) is 1. The predicted molar refractivity (Wildman–Crippen MR) is 143 cm³/mol. The molecular formula is C29H29N3O3S. The summed E-state index contributed by atoms with van der Waals surface area (Å²) in [4.78, 5) is 17.5. The fourth-order valence-corrected chi connectivity index (χ4v) is 6.89. The third-order valence-corrected chi connectivity index (χ3v) is 8.52. The zero-order chi connectivity index (χ0) is 24.6. The zero-order valence-electron chi connectivity index (χ0n) is 20.5. The largest absolute Gasteiger partial charge is 0.493 e. The van der Waals surface area contributed by atoms with E-state index >= 15 is 0 Å². The lowest BCUT2D eigenvalue weighted by atomic mass is 9.95. The quantitative estimate of drug-likeness (QED) is 0.345. The van der Waals surface area contributed by atoms with Crippen LogP contribution in [0.2, 0.25) is 0 Å². The summed E-state index contributed by atoms with van der Waals surface area (Å²) in [7, 11) is 3.20. The number of nitrogens with zero attached hydrogens (tertiary/aromatic N) is 2. The normalized spacial score (nSPS) is 16.4. The fraction of sp³-hybridized carbons (Fsp3) is 0.276. The second-order valence-electron chi connectivity index (χ2n) is 9.24. The Morgan fingerprint density at radius 3 is 2.56 bits per heavy atom. The molecule has 1 atom stereocenters. The molecule has 0 fully saturated rings. The first-order valence-electron chi connectivity index (χ1n) is 12.3. The number of carbonyl (C=O) groups excluding carboxylic acids is 1. The number of thiophene rings is 1. The summed E-state index contributed by atoms with van der Waals surface area (Å²) < 4.78 is 13.1. The number of rotatable bonds is 4. The number of benzene rings is 2. The highest BCUT2D eigenvalue weighted by atomic mass is 32.1. The van der Waals surface area contributed by atoms with Gasteiger partial charge in [0.05, 0.1) is 32.5 Å². The Morgan fingerprint density at radius 1 is 0.944 bits per heavy atom. The molecule has 6 nitrogen and oxygen atoms in total. The molecular weight excluding hydrogens is 470 g/mol. The van der Waals surface area contributed by atoms with Crippen molar-refractivity contribution >= 4 is 23.1 Å². The van der Waals surface area contributed by atoms with E-state index in [9.17, 15) is 4.79 Å². The zero-order valence-corrected chi connectivity index (χ0v) is 21.3. The van der Waals surface area contributed by atoms with Crippen LogP contribution in [0.1, 0.15) is 46.1 Å². The summed E-state index contributed by atoms with van der Waals surface area (Å²) in [6.45, 7) is 0.557. The molecule has 7 heteroatoms. The molecule has 6 rings (SSSR count). The lowest BCUT2D eigenvalue weighted by Crippen LogP contribution is -2.38. The molecule has 4 aromatic rings. The van der Waals surface area contributed by atoms with Crippen molar-refractivity contribution in [3.05, 3.63) is 94.1 Å². The van der Waals surface area contributed by atoms with E-state index in [1.54, 1.807) is 20.3 Å². The van der Waals surface area contributed by atoms with E-state index in [1.165, 1.54) is 33.8 Å². The van der Waals surface area contributed by atoms with Crippen LogP contribution >= 0.6 is 11.3 Å². The van der Waals surface area contributed by atoms with Crippen molar-refractivity contribution in [1.29, 1.82) is 0 Å². The van der Waals surface area contributed by atoms with Crippen molar-refractivity contribution in [1.82, 2.24) is 9.47 Å². The fourth-order valence-electron chi connectivity index (χ4n) is 5.48. The number of hydrogen-bond donors (Lipinski definition) is 1. The highest BCUT2D eigenvalue weighted by Gasteiger charge is 2.36. The van der Waals surface area contributed by atoms with Crippen LogP contribution in [0.25, 0.3) is 5.00 Å². The third kappa shape index (κ3) is 3.84. The first kappa shape index (κ1) is 22.7. The van der Waals surface area contributed by atoms with Gasteiger partial charge in [0.15, 0.2) is 11.5 Å². The van der Waals surface area contributed by atoms with Crippen LogP contribution in [0, 0.1) is 0 Å². The van der Waals surface area contributed by atoms with Gasteiger partial charge in [0.1, 0.15) is 5.00 Å². The molecule has 1 N–H and O–H groups in total. The molecule has 1 aliphatic heterocycles. The number of hydrogen-bond acceptors (Lipinski definition) is 4. The van der Waals surface area contributed by atoms with Crippen molar-refractivity contribution in [2.24, 2.45) is 0 Å². The van der Waals surface area contributed by atoms with E-state index in [0.29, 0.717) is 23.7 Å². The standard InChI is InChI=1S/C29H29N3O3S/c1-34-24-15-14-20(17-25(24)35-2)30-29(33)32-18-22-21-11-6-7-13-26(21)36-28(22)31-16-8-12-23(31)27(32)19-9-4-3-5-10-19/h3-5,8-10,12,14-17,27H,6-7,11,13,18H2,1-2H3,(H,30,33). The van der Waals surface area contributed by atoms with Gasteiger partial charge in [0, 0.05) is 28.4 Å². The summed E-state index contributed by atoms with van der Waals surface area (Å²) in [5, 5.41) is 4.39. The van der Waals surface area contributed by atoms with Crippen LogP contribution in [0.5, 0.6) is 11.5 Å². The molecule has 2 aromatic carbocycles. The van der Waals surface area contributed by atoms with E-state index in [-0.39, 0.29) is 12.1 Å². The molecule has 1 unspecified atom stereocenters. The van der Waals surface area contributed by atoms with Gasteiger partial charge in [-0.3, -0.25) is 0 Å². The number of aryl methyl sites for hydroxylation is 1. The number of carbonyl (C=O) groups is 1. The predicted octanol–water partition coefficient (Wildman–Crippen LogP) is 6.57. The summed E-state index contributed by atoms with van der Waals surface area (Å²) in [5.41, 5.74) is 5.58. The topological polar surface area (TPSA) is 55.7 Å². The number of aromatic nitrogens is 1. The summed E-state index contributed by atoms with van der Waals surface area (Å²) >= 11 is 1.90. The van der Waals surface area contributed by atoms with Gasteiger partial charge in [-0.25, -0.2) is 4.79 Å². The first-order valence-corrected chi connectivity index (χ1v) is 13.1. The summed E-state index contributed by atoms with van der Waals surface area (Å²) in [6, 6.07) is 19.6. The second kappa shape index (κ2) is 9.39. The summed E-state index contributed by atoms with van der Waals surface area (Å²) in [5.74, 6) is 1.20. The highest BCUT2D eigenvalue weighted by molar-refractivity contribution is 7.15. The molecule has 1 aliphatic carbocycles. The molecule has 184 valence electrons. The maximum absolute atomic E-state index is 14.0. The molecule has 0 radical (unpaired) electrons. The Bertz CT molecular complexity index is 1410. The number of ether oxygens (including phenoxy) is 2. The molecule has 0 bridgehead atoms. The smallest absolute Gasteiger partial charge is 0.322 e. The van der Waals surface area contributed by atoms with E-state index in [2.05, 4.69) is 40.3 Å². The molecule has 0 spiro atoms. The van der Waals surface area contributed by atoms with E-state index < -0.39 is 0 Å². The van der Waals surface area contributed by atoms with Crippen molar-refractivity contribution in [2.75, 3.05) is 19.5 Å². The minimum absolute atomic E-state index is 0.146. The Kier molecular flexibility index (Phi) is 5.93. The van der Waals surface area contributed by atoms with E-state index in [0.717, 1.165) is 24.1 Å². The molecule has 2 amide bonds. The molecule has 0 saturated heterocycles. The van der Waals surface area contributed by atoms with Crippen molar-refractivity contribution in [3.8, 4) is 16.5 Å². The van der Waals surface area contributed by atoms with Crippen LogP contribution in [-0.4, -0.2) is 29.7 Å². The lowest BCUT2D eigenvalue weighted by molar-refractivity contribution is 0.194. The van der Waals surface area contributed by atoms with Crippen molar-refractivity contribution < 1.29 is 14.3 Å². The number of anilines is 1. The average molecular weight is 500 g/mol. The number of urea groups is 1. The lowest BCUT2D eigenvalue weighted by Gasteiger charge is -2.31. The maximum atomic E-state index is 14.0. The van der Waals surface area contributed by atoms with Gasteiger partial charge >= 0.3 is 6.03 Å². The monoisotopic (exact) mass is 499 g/mol. The van der Waals surface area contributed by atoms with Crippen LogP contribution in [-0.2, 0) is 19.4 Å². The number of fused-ring (bicyclic) bond motifs is 5. The van der Waals surface area contributed by atoms with E-state index in [1.807, 2.05) is 46.6 Å². The van der Waals surface area contributed by atoms with Gasteiger partial charge in [-0.15, -0.1) is 11.3 Å². The first-order chi connectivity index (χ1) is 17.7. The molecule has 2 aromatic heterocycles. The van der Waals surface area contributed by atoms with Gasteiger partial charge in [-0.05, 0) is 61.1 Å². The number of amides is 2. The van der Waals surface area contributed by atoms with Gasteiger partial charge < -0.3 is 24.3 Å².